The predicted octanol–water partition coefficient (Wildman–Crippen LogP) is 5.59. The summed E-state index contributed by atoms with van der Waals surface area (Å²) < 4.78 is 5.27. The number of aryl methyl sites for hydroxylation is 2. The molecule has 7 heteroatoms. The molecule has 0 bridgehead atoms. The molecule has 7 nitrogen and oxygen atoms in total. The monoisotopic (exact) mass is 388 g/mol. The zero-order valence-electron chi connectivity index (χ0n) is 16.3. The zero-order chi connectivity index (χ0) is 20.5. The van der Waals surface area contributed by atoms with E-state index < -0.39 is 4.92 Å². The highest BCUT2D eigenvalue weighted by Gasteiger charge is 2.21. The second kappa shape index (κ2) is 7.35. The third kappa shape index (κ3) is 3.42. The molecule has 0 radical (unpaired) electrons. The molecule has 146 valence electrons. The molecule has 1 N–H and O–H groups in total. The number of aromatic nitrogens is 2. The molecule has 0 spiro atoms. The lowest BCUT2D eigenvalue weighted by atomic mass is 10.0. The lowest BCUT2D eigenvalue weighted by molar-refractivity contribution is -0.384. The number of benzene rings is 2. The van der Waals surface area contributed by atoms with E-state index in [9.17, 15) is 10.1 Å². The maximum atomic E-state index is 11.6. The van der Waals surface area contributed by atoms with Gasteiger partial charge in [0.15, 0.2) is 0 Å². The van der Waals surface area contributed by atoms with E-state index in [0.717, 1.165) is 28.1 Å². The van der Waals surface area contributed by atoms with Gasteiger partial charge in [0, 0.05) is 17.0 Å². The van der Waals surface area contributed by atoms with Crippen LogP contribution in [0.5, 0.6) is 0 Å². The second-order valence-electron chi connectivity index (χ2n) is 6.98. The minimum atomic E-state index is -0.408. The summed E-state index contributed by atoms with van der Waals surface area (Å²) in [5, 5.41) is 19.6. The summed E-state index contributed by atoms with van der Waals surface area (Å²) in [5.74, 6) is 0.722. The number of rotatable bonds is 5. The van der Waals surface area contributed by atoms with Gasteiger partial charge >= 0.3 is 5.69 Å². The van der Waals surface area contributed by atoms with Crippen molar-refractivity contribution in [3.05, 3.63) is 81.9 Å². The van der Waals surface area contributed by atoms with Gasteiger partial charge in [-0.1, -0.05) is 41.6 Å². The van der Waals surface area contributed by atoms with Gasteiger partial charge in [0.2, 0.25) is 0 Å². The van der Waals surface area contributed by atoms with Crippen molar-refractivity contribution in [3.8, 4) is 11.1 Å². The van der Waals surface area contributed by atoms with E-state index in [2.05, 4.69) is 15.5 Å². The first-order valence-corrected chi connectivity index (χ1v) is 9.27. The summed E-state index contributed by atoms with van der Waals surface area (Å²) in [4.78, 5) is 15.6. The average Bonchev–Trinajstić information content (AvgIpc) is 3.06. The number of hydrogen-bond acceptors (Lipinski definition) is 6. The first-order valence-electron chi connectivity index (χ1n) is 9.27. The van der Waals surface area contributed by atoms with Crippen LogP contribution in [0.25, 0.3) is 22.0 Å². The predicted molar refractivity (Wildman–Crippen MR) is 112 cm³/mol. The van der Waals surface area contributed by atoms with E-state index in [4.69, 9.17) is 4.52 Å². The summed E-state index contributed by atoms with van der Waals surface area (Å²) >= 11 is 0. The maximum absolute atomic E-state index is 11.6. The minimum absolute atomic E-state index is 0.0506. The largest absolute Gasteiger partial charge is 0.372 e. The van der Waals surface area contributed by atoms with Crippen LogP contribution in [0.15, 0.2) is 59.3 Å². The van der Waals surface area contributed by atoms with Crippen LogP contribution < -0.4 is 5.32 Å². The van der Waals surface area contributed by atoms with Crippen molar-refractivity contribution in [1.82, 2.24) is 10.1 Å². The second-order valence-corrected chi connectivity index (χ2v) is 6.98. The van der Waals surface area contributed by atoms with Crippen molar-refractivity contribution in [2.24, 2.45) is 0 Å². The molecule has 0 amide bonds. The smallest absolute Gasteiger partial charge is 0.311 e. The molecule has 1 unspecified atom stereocenters. The number of nitro groups is 1. The normalized spacial score (nSPS) is 12.1. The highest BCUT2D eigenvalue weighted by Crippen LogP contribution is 2.37. The number of hydrogen-bond donors (Lipinski definition) is 1. The van der Waals surface area contributed by atoms with E-state index in [1.54, 1.807) is 0 Å². The van der Waals surface area contributed by atoms with Gasteiger partial charge in [-0.05, 0) is 44.0 Å². The third-order valence-corrected chi connectivity index (χ3v) is 5.03. The number of nitrogens with zero attached hydrogens (tertiary/aromatic N) is 3. The number of pyridine rings is 1. The van der Waals surface area contributed by atoms with Crippen LogP contribution in [-0.4, -0.2) is 15.1 Å². The molecule has 0 fully saturated rings. The van der Waals surface area contributed by atoms with Crippen LogP contribution >= 0.6 is 0 Å². The fourth-order valence-corrected chi connectivity index (χ4v) is 3.57. The molecular formula is C22H20N4O3. The van der Waals surface area contributed by atoms with Crippen LogP contribution in [0.3, 0.4) is 0 Å². The molecule has 0 aliphatic carbocycles. The maximum Gasteiger partial charge on any atom is 0.311 e. The lowest BCUT2D eigenvalue weighted by Crippen LogP contribution is -2.09. The van der Waals surface area contributed by atoms with E-state index in [1.165, 1.54) is 6.20 Å². The molecular weight excluding hydrogens is 368 g/mol. The summed E-state index contributed by atoms with van der Waals surface area (Å²) in [7, 11) is 0. The van der Waals surface area contributed by atoms with Gasteiger partial charge in [0.1, 0.15) is 17.6 Å². The molecule has 1 atom stereocenters. The molecule has 0 saturated carbocycles. The highest BCUT2D eigenvalue weighted by molar-refractivity contribution is 5.98. The van der Waals surface area contributed by atoms with Gasteiger partial charge in [0.25, 0.3) is 0 Å². The van der Waals surface area contributed by atoms with E-state index in [-0.39, 0.29) is 11.7 Å². The lowest BCUT2D eigenvalue weighted by Gasteiger charge is -2.17. The topological polar surface area (TPSA) is 94.1 Å². The van der Waals surface area contributed by atoms with Gasteiger partial charge in [-0.15, -0.1) is 0 Å². The molecule has 29 heavy (non-hydrogen) atoms. The van der Waals surface area contributed by atoms with Gasteiger partial charge in [0.05, 0.1) is 16.1 Å². The standard InChI is InChI=1S/C22H20N4O3/c1-13(16-7-5-4-6-8-16)24-22-18-10-9-17(21-14(2)25-29-15(21)3)11-19(18)23-12-20(22)26(27)28/h4-13H,1-3H3,(H,23,24). The fourth-order valence-electron chi connectivity index (χ4n) is 3.57. The number of fused-ring (bicyclic) bond motifs is 1. The number of nitrogens with one attached hydrogen (secondary N) is 1. The molecule has 2 aromatic carbocycles. The summed E-state index contributed by atoms with van der Waals surface area (Å²) in [6, 6.07) is 15.4. The first kappa shape index (κ1) is 18.6. The Hall–Kier alpha value is -3.74. The summed E-state index contributed by atoms with van der Waals surface area (Å²) in [5.41, 5.74) is 4.73. The Kier molecular flexibility index (Phi) is 4.72. The molecule has 0 saturated heterocycles. The molecule has 2 aromatic heterocycles. The Morgan fingerprint density at radius 2 is 1.90 bits per heavy atom. The summed E-state index contributed by atoms with van der Waals surface area (Å²) in [6.07, 6.45) is 1.31. The Bertz CT molecular complexity index is 1180. The van der Waals surface area contributed by atoms with Crippen LogP contribution in [0, 0.1) is 24.0 Å². The van der Waals surface area contributed by atoms with Crippen molar-refractivity contribution < 1.29 is 9.45 Å². The zero-order valence-corrected chi connectivity index (χ0v) is 16.3. The fraction of sp³-hybridized carbons (Fsp3) is 0.182. The van der Waals surface area contributed by atoms with E-state index in [0.29, 0.717) is 16.6 Å². The van der Waals surface area contributed by atoms with Gasteiger partial charge < -0.3 is 9.84 Å². The van der Waals surface area contributed by atoms with Crippen molar-refractivity contribution >= 4 is 22.3 Å². The average molecular weight is 388 g/mol. The van der Waals surface area contributed by atoms with Gasteiger partial charge in [-0.25, -0.2) is 4.98 Å². The third-order valence-electron chi connectivity index (χ3n) is 5.03. The molecule has 4 rings (SSSR count). The molecule has 0 aliphatic heterocycles. The van der Waals surface area contributed by atoms with Crippen LogP contribution in [0.4, 0.5) is 11.4 Å². The minimum Gasteiger partial charge on any atom is -0.372 e. The summed E-state index contributed by atoms with van der Waals surface area (Å²) in [6.45, 7) is 5.72. The molecule has 2 heterocycles. The van der Waals surface area contributed by atoms with E-state index in [1.807, 2.05) is 69.3 Å². The quantitative estimate of drug-likeness (QED) is 0.354. The first-order chi connectivity index (χ1) is 14.0. The number of anilines is 1. The Morgan fingerprint density at radius 3 is 2.55 bits per heavy atom. The van der Waals surface area contributed by atoms with E-state index >= 15 is 0 Å². The SMILES string of the molecule is Cc1noc(C)c1-c1ccc2c(NC(C)c3ccccc3)c([N+](=O)[O-])cnc2c1. The van der Waals surface area contributed by atoms with Crippen molar-refractivity contribution in [2.45, 2.75) is 26.8 Å². The van der Waals surface area contributed by atoms with Crippen LogP contribution in [0.2, 0.25) is 0 Å². The van der Waals surface area contributed by atoms with Crippen LogP contribution in [0.1, 0.15) is 30.0 Å². The van der Waals surface area contributed by atoms with Crippen LogP contribution in [-0.2, 0) is 0 Å². The highest BCUT2D eigenvalue weighted by atomic mass is 16.6. The van der Waals surface area contributed by atoms with Crippen molar-refractivity contribution in [1.29, 1.82) is 0 Å². The molecule has 0 aliphatic rings. The van der Waals surface area contributed by atoms with Crippen molar-refractivity contribution in [2.75, 3.05) is 5.32 Å². The van der Waals surface area contributed by atoms with Gasteiger partial charge in [-0.2, -0.15) is 0 Å². The van der Waals surface area contributed by atoms with Crippen molar-refractivity contribution in [3.63, 3.8) is 0 Å². The van der Waals surface area contributed by atoms with Gasteiger partial charge in [-0.3, -0.25) is 10.1 Å². The molecule has 4 aromatic rings. The Labute approximate surface area is 167 Å². The Morgan fingerprint density at radius 1 is 1.14 bits per heavy atom. The Balaban J connectivity index is 1.83.